The van der Waals surface area contributed by atoms with E-state index in [2.05, 4.69) is 44.1 Å². The maximum Gasteiger partial charge on any atom is 0.183 e. The third-order valence-corrected chi connectivity index (χ3v) is 4.99. The van der Waals surface area contributed by atoms with Crippen LogP contribution in [0.25, 0.3) is 0 Å². The molecule has 4 heteroatoms. The van der Waals surface area contributed by atoms with Crippen LogP contribution in [0.3, 0.4) is 0 Å². The Balaban J connectivity index is 1.79. The van der Waals surface area contributed by atoms with Crippen LogP contribution < -0.4 is 5.32 Å². The number of hydrogen-bond donors (Lipinski definition) is 1. The fraction of sp³-hybridized carbons (Fsp3) is 0.667. The van der Waals surface area contributed by atoms with Crippen molar-refractivity contribution in [3.05, 3.63) is 21.0 Å². The summed E-state index contributed by atoms with van der Waals surface area (Å²) < 4.78 is 7.30. The highest BCUT2D eigenvalue weighted by Gasteiger charge is 2.18. The van der Waals surface area contributed by atoms with E-state index in [9.17, 15) is 0 Å². The predicted octanol–water partition coefficient (Wildman–Crippen LogP) is 4.47. The average Bonchev–Trinajstić information content (AvgIpc) is 2.58. The van der Waals surface area contributed by atoms with Gasteiger partial charge in [0.1, 0.15) is 5.76 Å². The normalized spacial score (nSPS) is 25.9. The first kappa shape index (κ1) is 12.7. The lowest BCUT2D eigenvalue weighted by atomic mass is 9.87. The highest BCUT2D eigenvalue weighted by Crippen LogP contribution is 2.27. The van der Waals surface area contributed by atoms with Gasteiger partial charge in [0.2, 0.25) is 0 Å². The van der Waals surface area contributed by atoms with E-state index in [1.807, 2.05) is 6.07 Å². The molecule has 1 heterocycles. The lowest BCUT2D eigenvalue weighted by molar-refractivity contribution is 0.299. The van der Waals surface area contributed by atoms with Gasteiger partial charge < -0.3 is 9.73 Å². The van der Waals surface area contributed by atoms with E-state index in [1.165, 1.54) is 25.7 Å². The summed E-state index contributed by atoms with van der Waals surface area (Å²) in [6.45, 7) is 3.17. The van der Waals surface area contributed by atoms with Crippen LogP contribution >= 0.6 is 31.9 Å². The molecular weight excluding hydrogens is 334 g/mol. The summed E-state index contributed by atoms with van der Waals surface area (Å²) in [5.74, 6) is 1.89. The van der Waals surface area contributed by atoms with E-state index in [1.54, 1.807) is 0 Å². The first-order valence-corrected chi connectivity index (χ1v) is 7.41. The zero-order chi connectivity index (χ0) is 11.5. The zero-order valence-electron chi connectivity index (χ0n) is 9.43. The van der Waals surface area contributed by atoms with Gasteiger partial charge in [0.05, 0.1) is 11.0 Å². The summed E-state index contributed by atoms with van der Waals surface area (Å²) in [4.78, 5) is 0. The molecule has 1 aliphatic rings. The van der Waals surface area contributed by atoms with Crippen molar-refractivity contribution in [1.82, 2.24) is 5.32 Å². The van der Waals surface area contributed by atoms with Crippen LogP contribution in [0.1, 0.15) is 38.4 Å². The minimum atomic E-state index is 0.666. The molecular formula is C12H17Br2NO. The largest absolute Gasteiger partial charge is 0.452 e. The second-order valence-electron chi connectivity index (χ2n) is 4.67. The Kier molecular flexibility index (Phi) is 4.50. The van der Waals surface area contributed by atoms with Crippen LogP contribution in [0.15, 0.2) is 19.6 Å². The van der Waals surface area contributed by atoms with Gasteiger partial charge >= 0.3 is 0 Å². The molecule has 0 unspecified atom stereocenters. The molecule has 0 saturated heterocycles. The van der Waals surface area contributed by atoms with Crippen molar-refractivity contribution in [2.45, 2.75) is 45.2 Å². The SMILES string of the molecule is CC1CCC(NCc2cc(Br)c(Br)o2)CC1. The van der Waals surface area contributed by atoms with Crippen molar-refractivity contribution in [1.29, 1.82) is 0 Å². The second kappa shape index (κ2) is 5.69. The molecule has 2 nitrogen and oxygen atoms in total. The van der Waals surface area contributed by atoms with E-state index in [0.29, 0.717) is 6.04 Å². The van der Waals surface area contributed by atoms with E-state index in [0.717, 1.165) is 27.4 Å². The highest BCUT2D eigenvalue weighted by molar-refractivity contribution is 9.13. The van der Waals surface area contributed by atoms with Crippen LogP contribution in [0.4, 0.5) is 0 Å². The van der Waals surface area contributed by atoms with Gasteiger partial charge in [-0.3, -0.25) is 0 Å². The molecule has 1 N–H and O–H groups in total. The highest BCUT2D eigenvalue weighted by atomic mass is 79.9. The maximum absolute atomic E-state index is 5.53. The summed E-state index contributed by atoms with van der Waals surface area (Å²) in [5.41, 5.74) is 0. The number of rotatable bonds is 3. The molecule has 0 atom stereocenters. The van der Waals surface area contributed by atoms with E-state index in [4.69, 9.17) is 4.42 Å². The molecule has 0 spiro atoms. The summed E-state index contributed by atoms with van der Waals surface area (Å²) >= 11 is 6.77. The summed E-state index contributed by atoms with van der Waals surface area (Å²) in [6, 6.07) is 2.68. The van der Waals surface area contributed by atoms with E-state index >= 15 is 0 Å². The molecule has 0 aliphatic heterocycles. The Bertz CT molecular complexity index is 323. The van der Waals surface area contributed by atoms with Gasteiger partial charge in [0.25, 0.3) is 0 Å². The standard InChI is InChI=1S/C12H17Br2NO/c1-8-2-4-9(5-3-8)15-7-10-6-11(13)12(14)16-10/h6,8-9,15H,2-5,7H2,1H3. The molecule has 1 fully saturated rings. The van der Waals surface area contributed by atoms with Gasteiger partial charge in [-0.1, -0.05) is 6.92 Å². The summed E-state index contributed by atoms with van der Waals surface area (Å²) in [7, 11) is 0. The second-order valence-corrected chi connectivity index (χ2v) is 6.25. The van der Waals surface area contributed by atoms with Gasteiger partial charge in [-0.05, 0) is 69.5 Å². The van der Waals surface area contributed by atoms with Crippen molar-refractivity contribution < 1.29 is 4.42 Å². The maximum atomic E-state index is 5.53. The third kappa shape index (κ3) is 3.34. The number of nitrogens with one attached hydrogen (secondary N) is 1. The summed E-state index contributed by atoms with van der Waals surface area (Å²) in [5, 5.41) is 3.56. The Hall–Kier alpha value is 0.200. The molecule has 1 aliphatic carbocycles. The molecule has 2 rings (SSSR count). The van der Waals surface area contributed by atoms with E-state index < -0.39 is 0 Å². The minimum absolute atomic E-state index is 0.666. The monoisotopic (exact) mass is 349 g/mol. The van der Waals surface area contributed by atoms with Gasteiger partial charge in [0.15, 0.2) is 4.67 Å². The Labute approximate surface area is 113 Å². The van der Waals surface area contributed by atoms with E-state index in [-0.39, 0.29) is 0 Å². The fourth-order valence-corrected chi connectivity index (χ4v) is 2.85. The van der Waals surface area contributed by atoms with Crippen molar-refractivity contribution in [3.63, 3.8) is 0 Å². The quantitative estimate of drug-likeness (QED) is 0.869. The molecule has 1 saturated carbocycles. The predicted molar refractivity (Wildman–Crippen MR) is 72.4 cm³/mol. The van der Waals surface area contributed by atoms with Gasteiger partial charge in [-0.15, -0.1) is 0 Å². The van der Waals surface area contributed by atoms with Crippen LogP contribution in [-0.2, 0) is 6.54 Å². The smallest absolute Gasteiger partial charge is 0.183 e. The molecule has 0 amide bonds. The van der Waals surface area contributed by atoms with Gasteiger partial charge in [0, 0.05) is 6.04 Å². The van der Waals surface area contributed by atoms with Crippen molar-refractivity contribution in [2.24, 2.45) is 5.92 Å². The summed E-state index contributed by atoms with van der Waals surface area (Å²) in [6.07, 6.45) is 5.29. The van der Waals surface area contributed by atoms with Crippen LogP contribution in [0.2, 0.25) is 0 Å². The third-order valence-electron chi connectivity index (χ3n) is 3.28. The van der Waals surface area contributed by atoms with Crippen LogP contribution in [-0.4, -0.2) is 6.04 Å². The zero-order valence-corrected chi connectivity index (χ0v) is 12.6. The van der Waals surface area contributed by atoms with Gasteiger partial charge in [-0.25, -0.2) is 0 Å². The van der Waals surface area contributed by atoms with Crippen molar-refractivity contribution in [3.8, 4) is 0 Å². The molecule has 1 aromatic heterocycles. The molecule has 1 aromatic rings. The average molecular weight is 351 g/mol. The topological polar surface area (TPSA) is 25.2 Å². The Morgan fingerprint density at radius 2 is 2.00 bits per heavy atom. The molecule has 0 aromatic carbocycles. The lowest BCUT2D eigenvalue weighted by Crippen LogP contribution is -2.32. The van der Waals surface area contributed by atoms with Crippen LogP contribution in [0.5, 0.6) is 0 Å². The van der Waals surface area contributed by atoms with Crippen molar-refractivity contribution >= 4 is 31.9 Å². The molecule has 16 heavy (non-hydrogen) atoms. The minimum Gasteiger partial charge on any atom is -0.452 e. The number of furan rings is 1. The number of hydrogen-bond acceptors (Lipinski definition) is 2. The first-order valence-electron chi connectivity index (χ1n) is 5.82. The Morgan fingerprint density at radius 1 is 1.31 bits per heavy atom. The fourth-order valence-electron chi connectivity index (χ4n) is 2.19. The van der Waals surface area contributed by atoms with Gasteiger partial charge in [-0.2, -0.15) is 0 Å². The van der Waals surface area contributed by atoms with Crippen LogP contribution in [0, 0.1) is 5.92 Å². The lowest BCUT2D eigenvalue weighted by Gasteiger charge is -2.26. The molecule has 90 valence electrons. The Morgan fingerprint density at radius 3 is 2.56 bits per heavy atom. The van der Waals surface area contributed by atoms with Crippen molar-refractivity contribution in [2.75, 3.05) is 0 Å². The first-order chi connectivity index (χ1) is 7.65. The number of halogens is 2. The molecule has 0 radical (unpaired) electrons. The molecule has 0 bridgehead atoms.